The molecule has 2 aromatic rings. The van der Waals surface area contributed by atoms with Gasteiger partial charge in [-0.3, -0.25) is 4.68 Å². The lowest BCUT2D eigenvalue weighted by Gasteiger charge is -2.13. The molecule has 0 amide bonds. The van der Waals surface area contributed by atoms with E-state index in [2.05, 4.69) is 9.82 Å². The molecule has 3 N–H and O–H groups in total. The van der Waals surface area contributed by atoms with E-state index in [9.17, 15) is 8.42 Å². The number of sulfonamides is 1. The quantitative estimate of drug-likeness (QED) is 0.839. The third-order valence-electron chi connectivity index (χ3n) is 3.38. The molecule has 21 heavy (non-hydrogen) atoms. The number of nitrogens with two attached hydrogens (primary N) is 1. The minimum Gasteiger partial charge on any atom is -0.384 e. The van der Waals surface area contributed by atoms with Gasteiger partial charge in [-0.2, -0.15) is 5.10 Å². The van der Waals surface area contributed by atoms with Crippen LogP contribution in [-0.4, -0.2) is 24.0 Å². The number of rotatable bonds is 6. The van der Waals surface area contributed by atoms with Gasteiger partial charge in [0.25, 0.3) is 0 Å². The Morgan fingerprint density at radius 3 is 2.57 bits per heavy atom. The van der Waals surface area contributed by atoms with E-state index in [1.54, 1.807) is 13.2 Å². The molecule has 0 aliphatic carbocycles. The van der Waals surface area contributed by atoms with Crippen LogP contribution in [0.25, 0.3) is 0 Å². The first-order chi connectivity index (χ1) is 9.89. The predicted molar refractivity (Wildman–Crippen MR) is 83.1 cm³/mol. The van der Waals surface area contributed by atoms with Crippen LogP contribution in [0.1, 0.15) is 24.0 Å². The Morgan fingerprint density at radius 1 is 1.33 bits per heavy atom. The van der Waals surface area contributed by atoms with E-state index >= 15 is 0 Å². The fraction of sp³-hybridized carbons (Fsp3) is 0.357. The van der Waals surface area contributed by atoms with Gasteiger partial charge in [0, 0.05) is 19.2 Å². The Morgan fingerprint density at radius 2 is 2.00 bits per heavy atom. The molecule has 1 aromatic carbocycles. The molecule has 1 aromatic heterocycles. The molecule has 114 valence electrons. The Balaban J connectivity index is 1.98. The van der Waals surface area contributed by atoms with Gasteiger partial charge in [0.05, 0.1) is 11.9 Å². The summed E-state index contributed by atoms with van der Waals surface area (Å²) in [5.74, 6) is 0.431. The lowest BCUT2D eigenvalue weighted by Crippen LogP contribution is -2.28. The predicted octanol–water partition coefficient (Wildman–Crippen LogP) is 1.23. The molecule has 0 bridgehead atoms. The van der Waals surface area contributed by atoms with Gasteiger partial charge in [-0.15, -0.1) is 0 Å². The van der Waals surface area contributed by atoms with Gasteiger partial charge in [0.1, 0.15) is 5.82 Å². The second-order valence-electron chi connectivity index (χ2n) is 5.09. The van der Waals surface area contributed by atoms with Crippen LogP contribution < -0.4 is 10.5 Å². The van der Waals surface area contributed by atoms with Gasteiger partial charge in [0.15, 0.2) is 0 Å². The Bertz CT molecular complexity index is 695. The lowest BCUT2D eigenvalue weighted by molar-refractivity contribution is 0.576. The number of benzene rings is 1. The van der Waals surface area contributed by atoms with Gasteiger partial charge in [-0.05, 0) is 11.5 Å². The number of aromatic nitrogens is 2. The number of hydrogen-bond donors (Lipinski definition) is 2. The number of hydrogen-bond acceptors (Lipinski definition) is 4. The second kappa shape index (κ2) is 6.28. The van der Waals surface area contributed by atoms with Crippen molar-refractivity contribution in [3.8, 4) is 0 Å². The minimum absolute atomic E-state index is 0.0389. The highest BCUT2D eigenvalue weighted by molar-refractivity contribution is 7.89. The normalized spacial score (nSPS) is 13.2. The van der Waals surface area contributed by atoms with Gasteiger partial charge >= 0.3 is 0 Å². The fourth-order valence-electron chi connectivity index (χ4n) is 2.08. The number of nitrogens with zero attached hydrogens (tertiary/aromatic N) is 2. The van der Waals surface area contributed by atoms with Crippen molar-refractivity contribution in [1.29, 1.82) is 0 Å². The largest absolute Gasteiger partial charge is 0.384 e. The van der Waals surface area contributed by atoms with E-state index in [4.69, 9.17) is 5.73 Å². The number of nitrogen functional groups attached to an aromatic ring is 1. The summed E-state index contributed by atoms with van der Waals surface area (Å²) in [5.41, 5.74) is 7.47. The molecule has 0 aliphatic rings. The van der Waals surface area contributed by atoms with Crippen molar-refractivity contribution in [3.05, 3.63) is 47.7 Å². The van der Waals surface area contributed by atoms with Gasteiger partial charge < -0.3 is 5.73 Å². The molecule has 0 radical (unpaired) electrons. The van der Waals surface area contributed by atoms with E-state index in [-0.39, 0.29) is 18.2 Å². The van der Waals surface area contributed by atoms with Crippen LogP contribution >= 0.6 is 0 Å². The summed E-state index contributed by atoms with van der Waals surface area (Å²) in [6, 6.07) is 9.58. The number of aryl methyl sites for hydroxylation is 1. The molecule has 6 nitrogen and oxygen atoms in total. The maximum Gasteiger partial charge on any atom is 0.212 e. The Labute approximate surface area is 125 Å². The summed E-state index contributed by atoms with van der Waals surface area (Å²) in [7, 11) is -1.66. The standard InChI is InChI=1S/C14H20N4O2S/c1-11(12-6-4-3-5-7-12)10-21(19,20)17-9-13-8-16-18(2)14(13)15/h3-8,11,17H,9-10,15H2,1-2H3. The van der Waals surface area contributed by atoms with Crippen LogP contribution in [0.15, 0.2) is 36.5 Å². The Hall–Kier alpha value is -1.86. The zero-order valence-corrected chi connectivity index (χ0v) is 13.0. The highest BCUT2D eigenvalue weighted by atomic mass is 32.2. The summed E-state index contributed by atoms with van der Waals surface area (Å²) in [4.78, 5) is 0. The van der Waals surface area contributed by atoms with Crippen molar-refractivity contribution in [3.63, 3.8) is 0 Å². The minimum atomic E-state index is -3.38. The van der Waals surface area contributed by atoms with Gasteiger partial charge in [-0.25, -0.2) is 13.1 Å². The van der Waals surface area contributed by atoms with Crippen LogP contribution in [0.2, 0.25) is 0 Å². The molecule has 0 aliphatic heterocycles. The SMILES string of the molecule is CC(CS(=O)(=O)NCc1cnn(C)c1N)c1ccccc1. The molecule has 0 saturated heterocycles. The first kappa shape index (κ1) is 15.5. The lowest BCUT2D eigenvalue weighted by atomic mass is 10.0. The summed E-state index contributed by atoms with van der Waals surface area (Å²) in [5, 5.41) is 3.98. The highest BCUT2D eigenvalue weighted by Gasteiger charge is 2.17. The molecular formula is C14H20N4O2S. The van der Waals surface area contributed by atoms with Crippen molar-refractivity contribution < 1.29 is 8.42 Å². The van der Waals surface area contributed by atoms with E-state index in [1.165, 1.54) is 4.68 Å². The zero-order valence-electron chi connectivity index (χ0n) is 12.2. The van der Waals surface area contributed by atoms with Gasteiger partial charge in [-0.1, -0.05) is 37.3 Å². The van der Waals surface area contributed by atoms with Crippen molar-refractivity contribution in [1.82, 2.24) is 14.5 Å². The van der Waals surface area contributed by atoms with E-state index in [0.29, 0.717) is 11.4 Å². The molecule has 1 unspecified atom stereocenters. The first-order valence-electron chi connectivity index (χ1n) is 6.67. The van der Waals surface area contributed by atoms with Crippen LogP contribution in [0.5, 0.6) is 0 Å². The Kier molecular flexibility index (Phi) is 4.64. The average Bonchev–Trinajstić information content (AvgIpc) is 2.77. The van der Waals surface area contributed by atoms with Crippen LogP contribution in [0, 0.1) is 0 Å². The third kappa shape index (κ3) is 4.05. The molecule has 2 rings (SSSR count). The van der Waals surface area contributed by atoms with Crippen LogP contribution in [0.3, 0.4) is 0 Å². The van der Waals surface area contributed by atoms with Crippen LogP contribution in [0.4, 0.5) is 5.82 Å². The van der Waals surface area contributed by atoms with Crippen LogP contribution in [-0.2, 0) is 23.6 Å². The highest BCUT2D eigenvalue weighted by Crippen LogP contribution is 2.17. The monoisotopic (exact) mass is 308 g/mol. The zero-order chi connectivity index (χ0) is 15.5. The molecule has 0 fully saturated rings. The van der Waals surface area contributed by atoms with Crippen molar-refractivity contribution in [2.75, 3.05) is 11.5 Å². The molecule has 0 spiro atoms. The average molecular weight is 308 g/mol. The summed E-state index contributed by atoms with van der Waals surface area (Å²) in [6.07, 6.45) is 1.57. The molecule has 1 heterocycles. The molecule has 0 saturated carbocycles. The maximum atomic E-state index is 12.1. The van der Waals surface area contributed by atoms with E-state index < -0.39 is 10.0 Å². The second-order valence-corrected chi connectivity index (χ2v) is 6.94. The summed E-state index contributed by atoms with van der Waals surface area (Å²) < 4.78 is 28.3. The van der Waals surface area contributed by atoms with E-state index in [1.807, 2.05) is 37.3 Å². The molecule has 7 heteroatoms. The van der Waals surface area contributed by atoms with Gasteiger partial charge in [0.2, 0.25) is 10.0 Å². The third-order valence-corrected chi connectivity index (χ3v) is 4.91. The number of nitrogens with one attached hydrogen (secondary N) is 1. The molecule has 1 atom stereocenters. The summed E-state index contributed by atoms with van der Waals surface area (Å²) >= 11 is 0. The topological polar surface area (TPSA) is 90.0 Å². The number of anilines is 1. The smallest absolute Gasteiger partial charge is 0.212 e. The first-order valence-corrected chi connectivity index (χ1v) is 8.33. The fourth-order valence-corrected chi connectivity index (χ4v) is 3.43. The van der Waals surface area contributed by atoms with Crippen molar-refractivity contribution in [2.45, 2.75) is 19.4 Å². The molecular weight excluding hydrogens is 288 g/mol. The van der Waals surface area contributed by atoms with Crippen molar-refractivity contribution in [2.24, 2.45) is 7.05 Å². The summed E-state index contributed by atoms with van der Waals surface area (Å²) in [6.45, 7) is 2.05. The van der Waals surface area contributed by atoms with Crippen molar-refractivity contribution >= 4 is 15.8 Å². The maximum absolute atomic E-state index is 12.1. The van der Waals surface area contributed by atoms with E-state index in [0.717, 1.165) is 5.56 Å².